The summed E-state index contributed by atoms with van der Waals surface area (Å²) in [4.78, 5) is 8.95. The van der Waals surface area contributed by atoms with Gasteiger partial charge in [0.15, 0.2) is 5.65 Å². The molecular formula is C20H20FN5. The van der Waals surface area contributed by atoms with Crippen LogP contribution in [0.15, 0.2) is 48.7 Å². The minimum Gasteiger partial charge on any atom is -0.349 e. The third kappa shape index (κ3) is 2.14. The second-order valence-corrected chi connectivity index (χ2v) is 7.04. The fraction of sp³-hybridized carbons (Fsp3) is 0.300. The Hall–Kier alpha value is -2.89. The molecular weight excluding hydrogens is 329 g/mol. The second kappa shape index (κ2) is 5.56. The number of anilines is 1. The molecule has 0 radical (unpaired) electrons. The maximum atomic E-state index is 14.0. The molecule has 2 aliphatic heterocycles. The molecule has 4 heterocycles. The van der Waals surface area contributed by atoms with Crippen molar-refractivity contribution in [3.63, 3.8) is 0 Å². The minimum absolute atomic E-state index is 0.0599. The second-order valence-electron chi connectivity index (χ2n) is 7.04. The van der Waals surface area contributed by atoms with Crippen LogP contribution in [-0.4, -0.2) is 26.0 Å². The highest BCUT2D eigenvalue weighted by molar-refractivity contribution is 5.62. The smallest absolute Gasteiger partial charge is 0.155 e. The van der Waals surface area contributed by atoms with Crippen LogP contribution in [-0.2, 0) is 0 Å². The summed E-state index contributed by atoms with van der Waals surface area (Å²) in [5.41, 5.74) is 6.07. The number of aromatic nitrogens is 3. The molecule has 0 aliphatic carbocycles. The molecule has 0 amide bonds. The van der Waals surface area contributed by atoms with E-state index >= 15 is 0 Å². The zero-order valence-electron chi connectivity index (χ0n) is 14.9. The summed E-state index contributed by atoms with van der Waals surface area (Å²) in [7, 11) is 0. The van der Waals surface area contributed by atoms with E-state index in [2.05, 4.69) is 32.1 Å². The number of allylic oxidation sites excluding steroid dienone is 1. The number of nitrogens with zero attached hydrogens (tertiary/aromatic N) is 5. The maximum Gasteiger partial charge on any atom is 0.155 e. The summed E-state index contributed by atoms with van der Waals surface area (Å²) >= 11 is 0. The van der Waals surface area contributed by atoms with Crippen LogP contribution in [0.25, 0.3) is 5.65 Å². The van der Waals surface area contributed by atoms with E-state index in [1.807, 2.05) is 36.7 Å². The zero-order chi connectivity index (χ0) is 17.8. The highest BCUT2D eigenvalue weighted by Crippen LogP contribution is 2.44. The van der Waals surface area contributed by atoms with E-state index in [9.17, 15) is 4.39 Å². The van der Waals surface area contributed by atoms with Crippen molar-refractivity contribution >= 4 is 11.3 Å². The molecule has 1 unspecified atom stereocenters. The number of fused-ring (bicyclic) bond motifs is 2. The average Bonchev–Trinajstić information content (AvgIpc) is 3.34. The van der Waals surface area contributed by atoms with Crippen molar-refractivity contribution in [3.8, 4) is 0 Å². The minimum atomic E-state index is -0.154. The van der Waals surface area contributed by atoms with Crippen molar-refractivity contribution in [1.82, 2.24) is 19.5 Å². The lowest BCUT2D eigenvalue weighted by Crippen LogP contribution is -2.31. The van der Waals surface area contributed by atoms with Gasteiger partial charge in [0.2, 0.25) is 0 Å². The van der Waals surface area contributed by atoms with Crippen molar-refractivity contribution in [2.75, 3.05) is 11.4 Å². The van der Waals surface area contributed by atoms with Crippen LogP contribution in [0.3, 0.4) is 0 Å². The molecule has 2 aliphatic rings. The highest BCUT2D eigenvalue weighted by atomic mass is 19.1. The Morgan fingerprint density at radius 1 is 1.12 bits per heavy atom. The third-order valence-corrected chi connectivity index (χ3v) is 5.61. The van der Waals surface area contributed by atoms with Crippen molar-refractivity contribution in [3.05, 3.63) is 71.2 Å². The molecule has 1 aromatic carbocycles. The first kappa shape index (κ1) is 15.4. The number of hydrogen-bond donors (Lipinski definition) is 0. The monoisotopic (exact) mass is 349 g/mol. The van der Waals surface area contributed by atoms with Crippen LogP contribution in [0.4, 0.5) is 10.1 Å². The third-order valence-electron chi connectivity index (χ3n) is 5.61. The average molecular weight is 349 g/mol. The van der Waals surface area contributed by atoms with Crippen molar-refractivity contribution in [2.24, 2.45) is 0 Å². The fourth-order valence-electron chi connectivity index (χ4n) is 4.10. The van der Waals surface area contributed by atoms with Gasteiger partial charge in [0.05, 0.1) is 0 Å². The summed E-state index contributed by atoms with van der Waals surface area (Å²) < 4.78 is 15.8. The molecule has 0 N–H and O–H groups in total. The van der Waals surface area contributed by atoms with Gasteiger partial charge in [-0.05, 0) is 62.1 Å². The van der Waals surface area contributed by atoms with E-state index in [0.717, 1.165) is 35.4 Å². The first-order valence-corrected chi connectivity index (χ1v) is 8.94. The van der Waals surface area contributed by atoms with Gasteiger partial charge in [-0.25, -0.2) is 13.9 Å². The van der Waals surface area contributed by atoms with Crippen LogP contribution in [0.2, 0.25) is 0 Å². The van der Waals surface area contributed by atoms with Gasteiger partial charge < -0.3 is 9.80 Å². The Kier molecular flexibility index (Phi) is 3.29. The molecule has 2 aromatic heterocycles. The van der Waals surface area contributed by atoms with Crippen molar-refractivity contribution in [2.45, 2.75) is 32.9 Å². The number of halogens is 1. The Bertz CT molecular complexity index is 1040. The highest BCUT2D eigenvalue weighted by Gasteiger charge is 2.37. The lowest BCUT2D eigenvalue weighted by atomic mass is 10.1. The van der Waals surface area contributed by atoms with Gasteiger partial charge in [-0.15, -0.1) is 0 Å². The number of rotatable bonds is 2. The number of benzene rings is 1. The van der Waals surface area contributed by atoms with Gasteiger partial charge in [-0.2, -0.15) is 5.10 Å². The summed E-state index contributed by atoms with van der Waals surface area (Å²) in [6.07, 6.45) is 8.15. The summed E-state index contributed by atoms with van der Waals surface area (Å²) in [5.74, 6) is -0.154. The molecule has 0 bridgehead atoms. The molecule has 26 heavy (non-hydrogen) atoms. The van der Waals surface area contributed by atoms with Crippen LogP contribution < -0.4 is 4.90 Å². The van der Waals surface area contributed by atoms with Crippen molar-refractivity contribution < 1.29 is 4.39 Å². The van der Waals surface area contributed by atoms with Gasteiger partial charge in [0.25, 0.3) is 0 Å². The van der Waals surface area contributed by atoms with E-state index in [0.29, 0.717) is 5.56 Å². The predicted octanol–water partition coefficient (Wildman–Crippen LogP) is 3.94. The summed E-state index contributed by atoms with van der Waals surface area (Å²) in [5, 5.41) is 4.28. The Morgan fingerprint density at radius 2 is 2.00 bits per heavy atom. The van der Waals surface area contributed by atoms with Gasteiger partial charge >= 0.3 is 0 Å². The quantitative estimate of drug-likeness (QED) is 0.702. The van der Waals surface area contributed by atoms with Gasteiger partial charge in [0.1, 0.15) is 18.3 Å². The Morgan fingerprint density at radius 3 is 2.88 bits per heavy atom. The van der Waals surface area contributed by atoms with Crippen LogP contribution >= 0.6 is 0 Å². The molecule has 132 valence electrons. The van der Waals surface area contributed by atoms with Crippen LogP contribution in [0.5, 0.6) is 0 Å². The molecule has 0 spiro atoms. The van der Waals surface area contributed by atoms with Crippen LogP contribution in [0.1, 0.15) is 35.7 Å². The first-order valence-electron chi connectivity index (χ1n) is 8.94. The molecule has 1 atom stereocenters. The van der Waals surface area contributed by atoms with E-state index in [1.165, 1.54) is 12.1 Å². The molecule has 1 saturated heterocycles. The molecule has 0 saturated carbocycles. The topological polar surface area (TPSA) is 36.7 Å². The number of hydrogen-bond acceptors (Lipinski definition) is 4. The first-order chi connectivity index (χ1) is 12.6. The lowest BCUT2D eigenvalue weighted by molar-refractivity contribution is 0.318. The van der Waals surface area contributed by atoms with Gasteiger partial charge in [-0.3, -0.25) is 0 Å². The predicted molar refractivity (Wildman–Crippen MR) is 98.1 cm³/mol. The van der Waals surface area contributed by atoms with E-state index in [4.69, 9.17) is 0 Å². The SMILES string of the molecule is Cc1c(F)ccc(N2C=C3CCCN3C2c2ccc3ncnn3c2)c1C. The van der Waals surface area contributed by atoms with Gasteiger partial charge in [-0.1, -0.05) is 0 Å². The fourth-order valence-corrected chi connectivity index (χ4v) is 4.10. The van der Waals surface area contributed by atoms with Gasteiger partial charge in [0, 0.05) is 35.9 Å². The molecule has 5 rings (SSSR count). The summed E-state index contributed by atoms with van der Waals surface area (Å²) in [6.45, 7) is 4.87. The lowest BCUT2D eigenvalue weighted by Gasteiger charge is -2.33. The largest absolute Gasteiger partial charge is 0.349 e. The molecule has 5 nitrogen and oxygen atoms in total. The van der Waals surface area contributed by atoms with Crippen molar-refractivity contribution in [1.29, 1.82) is 0 Å². The molecule has 1 fully saturated rings. The van der Waals surface area contributed by atoms with Crippen LogP contribution in [0, 0.1) is 19.7 Å². The Balaban J connectivity index is 1.65. The van der Waals surface area contributed by atoms with E-state index in [-0.39, 0.29) is 12.0 Å². The van der Waals surface area contributed by atoms with E-state index < -0.39 is 0 Å². The zero-order valence-corrected chi connectivity index (χ0v) is 14.9. The number of pyridine rings is 1. The molecule has 6 heteroatoms. The Labute approximate surface area is 151 Å². The maximum absolute atomic E-state index is 14.0. The van der Waals surface area contributed by atoms with E-state index in [1.54, 1.807) is 12.4 Å². The summed E-state index contributed by atoms with van der Waals surface area (Å²) in [6, 6.07) is 7.56. The normalized spacial score (nSPS) is 19.3. The standard InChI is InChI=1S/C20H20FN5/c1-13-14(2)18(7-6-17(13)21)25-11-16-4-3-9-24(16)20(25)15-5-8-19-22-12-23-26(19)10-15/h5-8,10-12,20H,3-4,9H2,1-2H3. The molecule has 3 aromatic rings.